The van der Waals surface area contributed by atoms with Gasteiger partial charge in [0, 0.05) is 29.6 Å². The van der Waals surface area contributed by atoms with E-state index in [4.69, 9.17) is 27.2 Å². The number of nitrogens with two attached hydrogens (primary N) is 1. The molecule has 6 nitrogen and oxygen atoms in total. The van der Waals surface area contributed by atoms with Gasteiger partial charge >= 0.3 is 0 Å². The Kier molecular flexibility index (Phi) is 7.52. The molecule has 0 radical (unpaired) electrons. The van der Waals surface area contributed by atoms with Crippen LogP contribution in [0.3, 0.4) is 0 Å². The van der Waals surface area contributed by atoms with Gasteiger partial charge in [-0.2, -0.15) is 0 Å². The standard InChI is InChI=1S/C23H25ClN4O2/c1-2-17(10-25)22(29)18-5-3-4-6-21(26)19(18)13-27-11-16-9-20(24)23(28-12-16)30-14-15-7-8-15/h3,5-6,9-10,12-13,15,17,25-27H,2,7-8,11,14H2,1H3/p+1. The van der Waals surface area contributed by atoms with Gasteiger partial charge in [0.1, 0.15) is 17.8 Å². The maximum absolute atomic E-state index is 12.8. The second kappa shape index (κ2) is 10.3. The Balaban J connectivity index is 1.70. The summed E-state index contributed by atoms with van der Waals surface area (Å²) in [6.07, 6.45) is 12.4. The Morgan fingerprint density at radius 2 is 2.30 bits per heavy atom. The normalized spacial score (nSPS) is 18.1. The molecule has 1 saturated carbocycles. The number of carbonyl (C=O) groups is 1. The van der Waals surface area contributed by atoms with Crippen LogP contribution in [0.5, 0.6) is 5.88 Å². The first kappa shape index (κ1) is 21.9. The summed E-state index contributed by atoms with van der Waals surface area (Å²) in [6, 6.07) is 1.83. The van der Waals surface area contributed by atoms with Gasteiger partial charge in [-0.1, -0.05) is 18.5 Å². The first-order chi connectivity index (χ1) is 14.5. The number of aromatic nitrogens is 1. The van der Waals surface area contributed by atoms with Crippen molar-refractivity contribution in [3.63, 3.8) is 0 Å². The van der Waals surface area contributed by atoms with Crippen LogP contribution in [0.2, 0.25) is 5.02 Å². The topological polar surface area (TPSA) is 104 Å². The fourth-order valence-electron chi connectivity index (χ4n) is 3.03. The molecule has 30 heavy (non-hydrogen) atoms. The second-order valence-corrected chi connectivity index (χ2v) is 7.83. The van der Waals surface area contributed by atoms with Crippen LogP contribution in [-0.2, 0) is 11.3 Å². The van der Waals surface area contributed by atoms with E-state index in [2.05, 4.69) is 10.7 Å². The molecule has 0 spiro atoms. The number of pyridine rings is 1. The Morgan fingerprint density at radius 1 is 1.50 bits per heavy atom. The van der Waals surface area contributed by atoms with Gasteiger partial charge in [0.15, 0.2) is 5.78 Å². The number of carbonyl (C=O) groups excluding carboxylic acids is 1. The molecule has 1 heterocycles. The zero-order chi connectivity index (χ0) is 21.5. The summed E-state index contributed by atoms with van der Waals surface area (Å²) in [5.74, 6) is 0.434. The van der Waals surface area contributed by atoms with E-state index < -0.39 is 5.92 Å². The number of hydrogen-bond acceptors (Lipinski definition) is 5. The highest BCUT2D eigenvalue weighted by Crippen LogP contribution is 2.31. The number of nitrogens with zero attached hydrogens (tertiary/aromatic N) is 1. The number of quaternary nitrogens is 1. The molecule has 2 aliphatic rings. The van der Waals surface area contributed by atoms with Crippen LogP contribution >= 0.6 is 11.6 Å². The van der Waals surface area contributed by atoms with Crippen molar-refractivity contribution in [1.82, 2.24) is 4.98 Å². The van der Waals surface area contributed by atoms with Gasteiger partial charge in [0.2, 0.25) is 5.88 Å². The van der Waals surface area contributed by atoms with Crippen molar-refractivity contribution in [3.8, 4) is 5.88 Å². The first-order valence-electron chi connectivity index (χ1n) is 10.1. The Labute approximate surface area is 181 Å². The van der Waals surface area contributed by atoms with Crippen LogP contribution < -0.4 is 10.1 Å². The second-order valence-electron chi connectivity index (χ2n) is 7.42. The SMILES string of the molecule is CCC(C=N)C(=O)C1=CC=C=CC(=N)C1=C[NH2+]Cc1cnc(OCC2CC2)c(Cl)c1. The molecule has 3 rings (SSSR count). The van der Waals surface area contributed by atoms with E-state index >= 15 is 0 Å². The fraction of sp³-hybridized carbons (Fsp3) is 0.348. The van der Waals surface area contributed by atoms with E-state index in [9.17, 15) is 4.79 Å². The Hall–Kier alpha value is -2.79. The van der Waals surface area contributed by atoms with Crippen molar-refractivity contribution in [3.05, 3.63) is 64.2 Å². The summed E-state index contributed by atoms with van der Waals surface area (Å²) < 4.78 is 5.66. The number of ether oxygens (including phenoxy) is 1. The van der Waals surface area contributed by atoms with Gasteiger partial charge in [-0.05, 0) is 43.4 Å². The molecule has 1 unspecified atom stereocenters. The molecule has 4 N–H and O–H groups in total. The molecule has 1 fully saturated rings. The average molecular weight is 426 g/mol. The van der Waals surface area contributed by atoms with Crippen LogP contribution in [0.4, 0.5) is 0 Å². The van der Waals surface area contributed by atoms with E-state index in [1.54, 1.807) is 24.5 Å². The lowest BCUT2D eigenvalue weighted by atomic mass is 9.90. The molecular formula is C23H26ClN4O2+. The molecular weight excluding hydrogens is 400 g/mol. The lowest BCUT2D eigenvalue weighted by Crippen LogP contribution is -2.76. The quantitative estimate of drug-likeness (QED) is 0.395. The van der Waals surface area contributed by atoms with Crippen molar-refractivity contribution < 1.29 is 14.8 Å². The van der Waals surface area contributed by atoms with Gasteiger partial charge in [-0.3, -0.25) is 10.2 Å². The zero-order valence-electron chi connectivity index (χ0n) is 17.0. The summed E-state index contributed by atoms with van der Waals surface area (Å²) in [5, 5.41) is 18.1. The van der Waals surface area contributed by atoms with E-state index in [1.165, 1.54) is 18.9 Å². The fourth-order valence-corrected chi connectivity index (χ4v) is 3.27. The number of hydrogen-bond donors (Lipinski definition) is 3. The summed E-state index contributed by atoms with van der Waals surface area (Å²) in [6.45, 7) is 3.08. The van der Waals surface area contributed by atoms with Crippen LogP contribution in [0.15, 0.2) is 53.6 Å². The number of nitrogens with one attached hydrogen (secondary N) is 2. The van der Waals surface area contributed by atoms with E-state index in [0.717, 1.165) is 11.8 Å². The van der Waals surface area contributed by atoms with Crippen molar-refractivity contribution in [2.75, 3.05) is 6.61 Å². The van der Waals surface area contributed by atoms with Gasteiger partial charge in [-0.15, -0.1) is 5.73 Å². The van der Waals surface area contributed by atoms with Gasteiger partial charge in [0.25, 0.3) is 0 Å². The monoisotopic (exact) mass is 425 g/mol. The third kappa shape index (κ3) is 5.63. The third-order valence-electron chi connectivity index (χ3n) is 5.05. The maximum atomic E-state index is 12.8. The molecule has 0 aromatic carbocycles. The third-order valence-corrected chi connectivity index (χ3v) is 5.32. The van der Waals surface area contributed by atoms with Crippen molar-refractivity contribution >= 4 is 29.3 Å². The minimum Gasteiger partial charge on any atom is -0.476 e. The smallest absolute Gasteiger partial charge is 0.232 e. The molecule has 0 saturated heterocycles. The lowest BCUT2D eigenvalue weighted by molar-refractivity contribution is -0.605. The number of halogens is 1. The molecule has 2 aliphatic carbocycles. The van der Waals surface area contributed by atoms with Crippen molar-refractivity contribution in [1.29, 1.82) is 10.8 Å². The van der Waals surface area contributed by atoms with Gasteiger partial charge in [-0.25, -0.2) is 4.98 Å². The van der Waals surface area contributed by atoms with Crippen LogP contribution in [0.1, 0.15) is 31.7 Å². The first-order valence-corrected chi connectivity index (χ1v) is 10.5. The number of allylic oxidation sites excluding steroid dienone is 4. The largest absolute Gasteiger partial charge is 0.476 e. The summed E-state index contributed by atoms with van der Waals surface area (Å²) >= 11 is 6.29. The molecule has 0 bridgehead atoms. The Morgan fingerprint density at radius 3 is 2.97 bits per heavy atom. The van der Waals surface area contributed by atoms with Crippen LogP contribution in [-0.4, -0.2) is 29.3 Å². The molecule has 1 aromatic rings. The highest BCUT2D eigenvalue weighted by atomic mass is 35.5. The van der Waals surface area contributed by atoms with E-state index in [-0.39, 0.29) is 11.5 Å². The predicted octanol–water partition coefficient (Wildman–Crippen LogP) is 3.39. The van der Waals surface area contributed by atoms with Crippen molar-refractivity contribution in [2.45, 2.75) is 32.7 Å². The summed E-state index contributed by atoms with van der Waals surface area (Å²) in [4.78, 5) is 17.1. The Bertz CT molecular complexity index is 969. The highest BCUT2D eigenvalue weighted by molar-refractivity contribution is 6.31. The molecule has 0 aliphatic heterocycles. The number of rotatable bonds is 10. The lowest BCUT2D eigenvalue weighted by Gasteiger charge is -2.13. The number of Topliss-reactive ketones (excluding diaryl/α,β-unsaturated/α-hetero) is 1. The van der Waals surface area contributed by atoms with Crippen LogP contribution in [0, 0.1) is 22.7 Å². The highest BCUT2D eigenvalue weighted by Gasteiger charge is 2.25. The molecule has 1 aromatic heterocycles. The van der Waals surface area contributed by atoms with Gasteiger partial charge < -0.3 is 15.5 Å². The maximum Gasteiger partial charge on any atom is 0.232 e. The molecule has 156 valence electrons. The summed E-state index contributed by atoms with van der Waals surface area (Å²) in [7, 11) is 0. The zero-order valence-corrected chi connectivity index (χ0v) is 17.7. The van der Waals surface area contributed by atoms with Crippen LogP contribution in [0.25, 0.3) is 0 Å². The van der Waals surface area contributed by atoms with Gasteiger partial charge in [0.05, 0.1) is 23.8 Å². The molecule has 0 amide bonds. The summed E-state index contributed by atoms with van der Waals surface area (Å²) in [5.41, 5.74) is 4.94. The van der Waals surface area contributed by atoms with E-state index in [0.29, 0.717) is 47.5 Å². The molecule has 1 atom stereocenters. The van der Waals surface area contributed by atoms with Crippen molar-refractivity contribution in [2.24, 2.45) is 11.8 Å². The average Bonchev–Trinajstić information content (AvgIpc) is 3.57. The molecule has 7 heteroatoms. The minimum atomic E-state index is -0.495. The predicted molar refractivity (Wildman–Crippen MR) is 117 cm³/mol. The van der Waals surface area contributed by atoms with E-state index in [1.807, 2.05) is 18.3 Å². The number of ketones is 1. The minimum absolute atomic E-state index is 0.160.